The van der Waals surface area contributed by atoms with Gasteiger partial charge in [0, 0.05) is 20.2 Å². The molecular formula is C25H30S. The second-order valence-electron chi connectivity index (χ2n) is 6.09. The van der Waals surface area contributed by atoms with Crippen LogP contribution in [-0.4, -0.2) is 0 Å². The first-order valence-corrected chi connectivity index (χ1v) is 10.6. The van der Waals surface area contributed by atoms with E-state index in [4.69, 9.17) is 0 Å². The molecule has 1 aromatic heterocycles. The number of rotatable bonds is 2. The third-order valence-electron chi connectivity index (χ3n) is 4.29. The summed E-state index contributed by atoms with van der Waals surface area (Å²) in [7, 11) is 0. The molecule has 0 atom stereocenters. The summed E-state index contributed by atoms with van der Waals surface area (Å²) in [6.07, 6.45) is 0. The van der Waals surface area contributed by atoms with Gasteiger partial charge in [-0.1, -0.05) is 90.1 Å². The molecule has 26 heavy (non-hydrogen) atoms. The van der Waals surface area contributed by atoms with Crippen molar-refractivity contribution in [3.05, 3.63) is 72.3 Å². The average Bonchev–Trinajstić information content (AvgIpc) is 3.09. The Morgan fingerprint density at radius 3 is 1.85 bits per heavy atom. The highest BCUT2D eigenvalue weighted by atomic mass is 32.1. The van der Waals surface area contributed by atoms with E-state index < -0.39 is 0 Å². The topological polar surface area (TPSA) is 0 Å². The third-order valence-corrected chi connectivity index (χ3v) is 5.44. The van der Waals surface area contributed by atoms with E-state index in [1.54, 1.807) is 0 Å². The first-order valence-electron chi connectivity index (χ1n) is 9.74. The van der Waals surface area contributed by atoms with Crippen LogP contribution in [0.15, 0.2) is 66.7 Å². The minimum atomic E-state index is 0.581. The minimum absolute atomic E-state index is 0.581. The van der Waals surface area contributed by atoms with Crippen LogP contribution in [0.25, 0.3) is 31.3 Å². The van der Waals surface area contributed by atoms with Gasteiger partial charge in [-0.05, 0) is 40.8 Å². The standard InChI is InChI=1S/C21H18S.2C2H6/c1-14(2)15-7-9-16(10-8-15)17-11-12-21-19(13-17)18-5-3-4-6-20(18)22-21;2*1-2/h3-14H,1-2H3;2*1-2H3. The van der Waals surface area contributed by atoms with Gasteiger partial charge in [0.05, 0.1) is 0 Å². The Hall–Kier alpha value is -2.12. The summed E-state index contributed by atoms with van der Waals surface area (Å²) in [5.41, 5.74) is 3.98. The third kappa shape index (κ3) is 4.16. The van der Waals surface area contributed by atoms with E-state index in [-0.39, 0.29) is 0 Å². The van der Waals surface area contributed by atoms with Crippen molar-refractivity contribution < 1.29 is 0 Å². The first kappa shape index (κ1) is 20.2. The van der Waals surface area contributed by atoms with Gasteiger partial charge in [-0.3, -0.25) is 0 Å². The molecule has 1 heterocycles. The van der Waals surface area contributed by atoms with Gasteiger partial charge in [-0.2, -0.15) is 0 Å². The normalized spacial score (nSPS) is 10.3. The Labute approximate surface area is 162 Å². The molecule has 0 radical (unpaired) electrons. The van der Waals surface area contributed by atoms with E-state index in [2.05, 4.69) is 80.6 Å². The number of fused-ring (bicyclic) bond motifs is 3. The van der Waals surface area contributed by atoms with Crippen LogP contribution >= 0.6 is 11.3 Å². The number of thiophene rings is 1. The molecule has 4 rings (SSSR count). The Balaban J connectivity index is 0.000000570. The van der Waals surface area contributed by atoms with E-state index in [0.717, 1.165) is 0 Å². The molecule has 0 N–H and O–H groups in total. The van der Waals surface area contributed by atoms with Crippen LogP contribution in [0, 0.1) is 0 Å². The maximum atomic E-state index is 2.33. The maximum Gasteiger partial charge on any atom is 0.0355 e. The predicted octanol–water partition coefficient (Wildman–Crippen LogP) is 8.90. The highest BCUT2D eigenvalue weighted by Crippen LogP contribution is 2.36. The van der Waals surface area contributed by atoms with Crippen LogP contribution in [0.2, 0.25) is 0 Å². The molecule has 0 fully saturated rings. The molecule has 0 aliphatic rings. The molecule has 0 nitrogen and oxygen atoms in total. The van der Waals surface area contributed by atoms with Crippen LogP contribution in [-0.2, 0) is 0 Å². The molecule has 0 saturated carbocycles. The molecule has 0 unspecified atom stereocenters. The zero-order valence-electron chi connectivity index (χ0n) is 16.8. The lowest BCUT2D eigenvalue weighted by molar-refractivity contribution is 0.867. The zero-order valence-corrected chi connectivity index (χ0v) is 17.7. The molecule has 0 aliphatic carbocycles. The van der Waals surface area contributed by atoms with Crippen molar-refractivity contribution in [2.24, 2.45) is 0 Å². The first-order chi connectivity index (χ1) is 12.7. The lowest BCUT2D eigenvalue weighted by Gasteiger charge is -2.07. The van der Waals surface area contributed by atoms with Gasteiger partial charge in [0.15, 0.2) is 0 Å². The number of hydrogen-bond donors (Lipinski definition) is 0. The highest BCUT2D eigenvalue weighted by molar-refractivity contribution is 7.25. The van der Waals surface area contributed by atoms with Gasteiger partial charge in [-0.25, -0.2) is 0 Å². The predicted molar refractivity (Wildman–Crippen MR) is 122 cm³/mol. The summed E-state index contributed by atoms with van der Waals surface area (Å²) >= 11 is 1.87. The highest BCUT2D eigenvalue weighted by Gasteiger charge is 2.07. The van der Waals surface area contributed by atoms with Crippen molar-refractivity contribution in [2.75, 3.05) is 0 Å². The van der Waals surface area contributed by atoms with E-state index in [1.165, 1.54) is 36.9 Å². The SMILES string of the molecule is CC.CC.CC(C)c1ccc(-c2ccc3sc4ccccc4c3c2)cc1. The lowest BCUT2D eigenvalue weighted by atomic mass is 9.98. The van der Waals surface area contributed by atoms with Crippen molar-refractivity contribution in [2.45, 2.75) is 47.5 Å². The Bertz CT molecular complexity index is 943. The van der Waals surface area contributed by atoms with Crippen molar-refractivity contribution in [3.8, 4) is 11.1 Å². The van der Waals surface area contributed by atoms with Crippen LogP contribution in [0.5, 0.6) is 0 Å². The van der Waals surface area contributed by atoms with Gasteiger partial charge >= 0.3 is 0 Å². The van der Waals surface area contributed by atoms with Crippen molar-refractivity contribution in [1.29, 1.82) is 0 Å². The van der Waals surface area contributed by atoms with Gasteiger partial charge in [0.1, 0.15) is 0 Å². The molecule has 4 aromatic rings. The second kappa shape index (κ2) is 9.54. The van der Waals surface area contributed by atoms with Crippen LogP contribution < -0.4 is 0 Å². The molecular weight excluding hydrogens is 332 g/mol. The van der Waals surface area contributed by atoms with Gasteiger partial charge in [0.2, 0.25) is 0 Å². The summed E-state index contributed by atoms with van der Waals surface area (Å²) in [4.78, 5) is 0. The Kier molecular flexibility index (Phi) is 7.41. The largest absolute Gasteiger partial charge is 0.135 e. The lowest BCUT2D eigenvalue weighted by Crippen LogP contribution is -1.86. The van der Waals surface area contributed by atoms with Crippen molar-refractivity contribution in [3.63, 3.8) is 0 Å². The van der Waals surface area contributed by atoms with Crippen LogP contribution in [0.3, 0.4) is 0 Å². The van der Waals surface area contributed by atoms with Crippen molar-refractivity contribution in [1.82, 2.24) is 0 Å². The number of hydrogen-bond acceptors (Lipinski definition) is 1. The summed E-state index contributed by atoms with van der Waals surface area (Å²) in [5.74, 6) is 0.581. The Morgan fingerprint density at radius 1 is 0.615 bits per heavy atom. The molecule has 1 heteroatoms. The fourth-order valence-corrected chi connectivity index (χ4v) is 4.05. The minimum Gasteiger partial charge on any atom is -0.135 e. The van der Waals surface area contributed by atoms with E-state index >= 15 is 0 Å². The molecule has 3 aromatic carbocycles. The van der Waals surface area contributed by atoms with Gasteiger partial charge in [-0.15, -0.1) is 11.3 Å². The van der Waals surface area contributed by atoms with E-state index in [9.17, 15) is 0 Å². The summed E-state index contributed by atoms with van der Waals surface area (Å²) in [6, 6.07) is 24.5. The van der Waals surface area contributed by atoms with Crippen LogP contribution in [0.1, 0.15) is 53.0 Å². The molecule has 0 amide bonds. The smallest absolute Gasteiger partial charge is 0.0355 e. The zero-order chi connectivity index (χ0) is 19.1. The summed E-state index contributed by atoms with van der Waals surface area (Å²) in [6.45, 7) is 12.5. The van der Waals surface area contributed by atoms with Gasteiger partial charge in [0.25, 0.3) is 0 Å². The Morgan fingerprint density at radius 2 is 1.19 bits per heavy atom. The van der Waals surface area contributed by atoms with Crippen LogP contribution in [0.4, 0.5) is 0 Å². The monoisotopic (exact) mass is 362 g/mol. The second-order valence-corrected chi connectivity index (χ2v) is 7.17. The summed E-state index contributed by atoms with van der Waals surface area (Å²) in [5, 5.41) is 2.73. The molecule has 0 aliphatic heterocycles. The van der Waals surface area contributed by atoms with Crippen molar-refractivity contribution >= 4 is 31.5 Å². The van der Waals surface area contributed by atoms with Gasteiger partial charge < -0.3 is 0 Å². The van der Waals surface area contributed by atoms with E-state index in [1.807, 2.05) is 39.0 Å². The molecule has 0 spiro atoms. The molecule has 0 bridgehead atoms. The van der Waals surface area contributed by atoms with E-state index in [0.29, 0.717) is 5.92 Å². The molecule has 0 saturated heterocycles. The molecule has 136 valence electrons. The summed E-state index contributed by atoms with van der Waals surface area (Å²) < 4.78 is 2.73. The number of benzene rings is 3. The average molecular weight is 363 g/mol. The quantitative estimate of drug-likeness (QED) is 0.334. The fraction of sp³-hybridized carbons (Fsp3) is 0.280. The fourth-order valence-electron chi connectivity index (χ4n) is 2.97. The maximum absolute atomic E-state index is 2.33.